The van der Waals surface area contributed by atoms with Crippen molar-refractivity contribution in [3.05, 3.63) is 64.7 Å². The second-order valence-corrected chi connectivity index (χ2v) is 5.08. The molecule has 0 radical (unpaired) electrons. The van der Waals surface area contributed by atoms with E-state index in [-0.39, 0.29) is 5.82 Å². The monoisotopic (exact) mass is 328 g/mol. The van der Waals surface area contributed by atoms with Gasteiger partial charge in [0, 0.05) is 5.56 Å². The van der Waals surface area contributed by atoms with Crippen LogP contribution < -0.4 is 4.74 Å². The van der Waals surface area contributed by atoms with E-state index in [1.807, 2.05) is 24.3 Å². The maximum absolute atomic E-state index is 12.9. The molecule has 0 aliphatic carbocycles. The number of hydrogen-bond donors (Lipinski definition) is 1. The van der Waals surface area contributed by atoms with Crippen LogP contribution in [0.2, 0.25) is 0 Å². The highest BCUT2D eigenvalue weighted by Gasteiger charge is 2.08. The Bertz CT molecular complexity index is 882. The van der Waals surface area contributed by atoms with E-state index in [0.717, 1.165) is 16.9 Å². The summed E-state index contributed by atoms with van der Waals surface area (Å²) in [7, 11) is 1.61. The predicted octanol–water partition coefficient (Wildman–Crippen LogP) is 3.64. The van der Waals surface area contributed by atoms with E-state index in [4.69, 9.17) is 17.0 Å². The van der Waals surface area contributed by atoms with Gasteiger partial charge < -0.3 is 4.74 Å². The zero-order chi connectivity index (χ0) is 16.2. The maximum atomic E-state index is 12.9. The van der Waals surface area contributed by atoms with Gasteiger partial charge in [-0.2, -0.15) is 14.9 Å². The number of halogens is 1. The van der Waals surface area contributed by atoms with Crippen molar-refractivity contribution in [2.45, 2.75) is 0 Å². The maximum Gasteiger partial charge on any atom is 0.216 e. The molecule has 1 N–H and O–H groups in total. The molecule has 0 aliphatic rings. The van der Waals surface area contributed by atoms with Crippen LogP contribution in [-0.4, -0.2) is 28.2 Å². The smallest absolute Gasteiger partial charge is 0.216 e. The molecule has 0 fully saturated rings. The molecule has 116 valence electrons. The van der Waals surface area contributed by atoms with Gasteiger partial charge in [0.1, 0.15) is 11.6 Å². The first-order valence-corrected chi connectivity index (χ1v) is 7.20. The predicted molar refractivity (Wildman–Crippen MR) is 88.8 cm³/mol. The molecule has 0 aliphatic heterocycles. The normalized spacial score (nSPS) is 11.0. The van der Waals surface area contributed by atoms with E-state index in [1.54, 1.807) is 25.5 Å². The van der Waals surface area contributed by atoms with Crippen LogP contribution >= 0.6 is 12.2 Å². The molecule has 0 bridgehead atoms. The van der Waals surface area contributed by atoms with Gasteiger partial charge in [-0.15, -0.1) is 0 Å². The highest BCUT2D eigenvalue weighted by molar-refractivity contribution is 7.71. The van der Waals surface area contributed by atoms with Crippen molar-refractivity contribution < 1.29 is 9.13 Å². The number of benzene rings is 2. The average Bonchev–Trinajstić information content (AvgIpc) is 2.95. The van der Waals surface area contributed by atoms with E-state index in [1.165, 1.54) is 16.8 Å². The Labute approximate surface area is 137 Å². The highest BCUT2D eigenvalue weighted by atomic mass is 32.1. The van der Waals surface area contributed by atoms with Gasteiger partial charge in [-0.1, -0.05) is 12.1 Å². The first-order chi connectivity index (χ1) is 11.2. The molecule has 0 unspecified atom stereocenters. The Hall–Kier alpha value is -2.80. The van der Waals surface area contributed by atoms with Crippen LogP contribution in [0.3, 0.4) is 0 Å². The Balaban J connectivity index is 1.95. The minimum Gasteiger partial charge on any atom is -0.497 e. The molecular weight excluding hydrogens is 315 g/mol. The molecule has 23 heavy (non-hydrogen) atoms. The van der Waals surface area contributed by atoms with Crippen LogP contribution in [0.25, 0.3) is 11.4 Å². The molecule has 0 amide bonds. The lowest BCUT2D eigenvalue weighted by molar-refractivity contribution is 0.415. The summed E-state index contributed by atoms with van der Waals surface area (Å²) in [5.41, 5.74) is 1.60. The number of H-pyrrole nitrogens is 1. The van der Waals surface area contributed by atoms with Crippen molar-refractivity contribution in [2.24, 2.45) is 5.10 Å². The molecule has 3 aromatic rings. The number of nitrogens with zero attached hydrogens (tertiary/aromatic N) is 3. The van der Waals surface area contributed by atoms with Crippen LogP contribution in [0.1, 0.15) is 5.56 Å². The summed E-state index contributed by atoms with van der Waals surface area (Å²) in [5, 5.41) is 11.2. The molecule has 0 saturated carbocycles. The molecule has 1 heterocycles. The van der Waals surface area contributed by atoms with E-state index in [9.17, 15) is 4.39 Å². The molecule has 0 atom stereocenters. The van der Waals surface area contributed by atoms with E-state index in [2.05, 4.69) is 15.3 Å². The average molecular weight is 328 g/mol. The quantitative estimate of drug-likeness (QED) is 0.588. The Morgan fingerprint density at radius 2 is 1.87 bits per heavy atom. The van der Waals surface area contributed by atoms with Gasteiger partial charge in [-0.05, 0) is 54.2 Å². The minimum absolute atomic E-state index is 0.291. The summed E-state index contributed by atoms with van der Waals surface area (Å²) in [5.74, 6) is 1.04. The Morgan fingerprint density at radius 1 is 1.17 bits per heavy atom. The number of nitrogens with one attached hydrogen (secondary N) is 1. The fourth-order valence-corrected chi connectivity index (χ4v) is 2.18. The van der Waals surface area contributed by atoms with Crippen molar-refractivity contribution in [2.75, 3.05) is 7.11 Å². The second-order valence-electron chi connectivity index (χ2n) is 4.69. The molecule has 1 aromatic heterocycles. The van der Waals surface area contributed by atoms with Crippen molar-refractivity contribution in [3.8, 4) is 17.1 Å². The first kappa shape index (κ1) is 15.1. The van der Waals surface area contributed by atoms with Gasteiger partial charge in [0.05, 0.1) is 13.3 Å². The van der Waals surface area contributed by atoms with Gasteiger partial charge in [-0.3, -0.25) is 0 Å². The second kappa shape index (κ2) is 6.53. The van der Waals surface area contributed by atoms with Crippen LogP contribution in [0, 0.1) is 10.6 Å². The topological polar surface area (TPSA) is 55.2 Å². The lowest BCUT2D eigenvalue weighted by Gasteiger charge is -2.03. The van der Waals surface area contributed by atoms with Gasteiger partial charge in [0.2, 0.25) is 4.77 Å². The molecule has 3 rings (SSSR count). The zero-order valence-corrected chi connectivity index (χ0v) is 13.0. The number of hydrogen-bond acceptors (Lipinski definition) is 4. The largest absolute Gasteiger partial charge is 0.497 e. The fourth-order valence-electron chi connectivity index (χ4n) is 2.00. The summed E-state index contributed by atoms with van der Waals surface area (Å²) in [6, 6.07) is 13.4. The molecule has 0 spiro atoms. The van der Waals surface area contributed by atoms with Crippen molar-refractivity contribution in [1.29, 1.82) is 0 Å². The van der Waals surface area contributed by atoms with Gasteiger partial charge in [0.25, 0.3) is 0 Å². The van der Waals surface area contributed by atoms with Crippen LogP contribution in [-0.2, 0) is 0 Å². The summed E-state index contributed by atoms with van der Waals surface area (Å²) < 4.78 is 19.9. The van der Waals surface area contributed by atoms with Gasteiger partial charge >= 0.3 is 0 Å². The summed E-state index contributed by atoms with van der Waals surface area (Å²) >= 11 is 5.20. The van der Waals surface area contributed by atoms with Crippen molar-refractivity contribution >= 4 is 18.4 Å². The van der Waals surface area contributed by atoms with Crippen molar-refractivity contribution in [1.82, 2.24) is 14.9 Å². The zero-order valence-electron chi connectivity index (χ0n) is 12.2. The third-order valence-corrected chi connectivity index (χ3v) is 3.46. The minimum atomic E-state index is -0.291. The molecule has 0 saturated heterocycles. The number of ether oxygens (including phenoxy) is 1. The summed E-state index contributed by atoms with van der Waals surface area (Å²) in [6.45, 7) is 0. The first-order valence-electron chi connectivity index (χ1n) is 6.79. The number of methoxy groups -OCH3 is 1. The lowest BCUT2D eigenvalue weighted by Crippen LogP contribution is -1.95. The molecule has 2 aromatic carbocycles. The van der Waals surface area contributed by atoms with Crippen LogP contribution in [0.15, 0.2) is 53.6 Å². The number of aromatic amines is 1. The highest BCUT2D eigenvalue weighted by Crippen LogP contribution is 2.20. The summed E-state index contributed by atoms with van der Waals surface area (Å²) in [6.07, 6.45) is 1.60. The number of aromatic nitrogens is 3. The molecule has 5 nitrogen and oxygen atoms in total. The SMILES string of the molecule is COc1ccc(-c2n[nH]c(=S)n2/N=C/c2ccc(F)cc2)cc1. The van der Waals surface area contributed by atoms with Crippen LogP contribution in [0.5, 0.6) is 5.75 Å². The molecule has 7 heteroatoms. The summed E-state index contributed by atoms with van der Waals surface area (Å²) in [4.78, 5) is 0. The Morgan fingerprint density at radius 3 is 2.52 bits per heavy atom. The number of rotatable bonds is 4. The fraction of sp³-hybridized carbons (Fsp3) is 0.0625. The lowest BCUT2D eigenvalue weighted by atomic mass is 10.2. The third-order valence-electron chi connectivity index (χ3n) is 3.19. The van der Waals surface area contributed by atoms with Crippen molar-refractivity contribution in [3.63, 3.8) is 0 Å². The van der Waals surface area contributed by atoms with E-state index >= 15 is 0 Å². The van der Waals surface area contributed by atoms with Gasteiger partial charge in [0.15, 0.2) is 5.82 Å². The van der Waals surface area contributed by atoms with Gasteiger partial charge in [-0.25, -0.2) is 9.49 Å². The standard InChI is InChI=1S/C16H13FN4OS/c1-22-14-8-4-12(5-9-14)15-19-20-16(23)21(15)18-10-11-2-6-13(17)7-3-11/h2-10H,1H3,(H,20,23)/b18-10+. The van der Waals surface area contributed by atoms with Crippen LogP contribution in [0.4, 0.5) is 4.39 Å². The molecular formula is C16H13FN4OS. The van der Waals surface area contributed by atoms with E-state index in [0.29, 0.717) is 10.6 Å². The Kier molecular flexibility index (Phi) is 4.29. The van der Waals surface area contributed by atoms with E-state index < -0.39 is 0 Å². The third kappa shape index (κ3) is 3.35.